The molecule has 1 rings (SSSR count). The minimum Gasteiger partial charge on any atom is -0.481 e. The van der Waals surface area contributed by atoms with E-state index in [1.165, 1.54) is 0 Å². The van der Waals surface area contributed by atoms with Crippen LogP contribution in [0, 0.1) is 0 Å². The molecule has 0 aliphatic heterocycles. The van der Waals surface area contributed by atoms with Gasteiger partial charge >= 0.3 is 5.97 Å². The van der Waals surface area contributed by atoms with E-state index in [2.05, 4.69) is 10.0 Å². The molecule has 0 saturated carbocycles. The summed E-state index contributed by atoms with van der Waals surface area (Å²) in [5.74, 6) is -1.30. The maximum Gasteiger partial charge on any atom is 0.305 e. The lowest BCUT2D eigenvalue weighted by molar-refractivity contribution is -0.136. The molecule has 0 saturated heterocycles. The minimum absolute atomic E-state index is 0.0545. The van der Waals surface area contributed by atoms with Gasteiger partial charge in [-0.15, -0.1) is 0 Å². The van der Waals surface area contributed by atoms with Crippen molar-refractivity contribution >= 4 is 27.6 Å². The second kappa shape index (κ2) is 6.90. The number of hydrogen-bond donors (Lipinski definition) is 3. The molecule has 110 valence electrons. The molecule has 0 aliphatic rings. The first-order chi connectivity index (χ1) is 9.26. The summed E-state index contributed by atoms with van der Waals surface area (Å²) in [5, 5.41) is 10.9. The molecule has 0 fully saturated rings. The molecule has 3 N–H and O–H groups in total. The lowest BCUT2D eigenvalue weighted by Crippen LogP contribution is -2.27. The van der Waals surface area contributed by atoms with Gasteiger partial charge in [-0.25, -0.2) is 8.42 Å². The number of carbonyl (C=O) groups is 2. The highest BCUT2D eigenvalue weighted by molar-refractivity contribution is 7.92. The Balaban J connectivity index is 2.57. The van der Waals surface area contributed by atoms with E-state index in [9.17, 15) is 18.0 Å². The summed E-state index contributed by atoms with van der Waals surface area (Å²) >= 11 is 0. The number of nitrogens with one attached hydrogen (secondary N) is 2. The number of sulfonamides is 1. The number of hydrogen-bond acceptors (Lipinski definition) is 4. The molecule has 0 atom stereocenters. The number of carbonyl (C=O) groups excluding carboxylic acids is 1. The van der Waals surface area contributed by atoms with Crippen LogP contribution in [0.5, 0.6) is 0 Å². The number of amides is 1. The van der Waals surface area contributed by atoms with E-state index in [1.807, 2.05) is 0 Å². The smallest absolute Gasteiger partial charge is 0.305 e. The molecule has 1 aromatic carbocycles. The van der Waals surface area contributed by atoms with Crippen LogP contribution < -0.4 is 10.0 Å². The van der Waals surface area contributed by atoms with Gasteiger partial charge in [0.1, 0.15) is 0 Å². The highest BCUT2D eigenvalue weighted by Gasteiger charge is 2.06. The molecule has 0 heterocycles. The third-order valence-corrected chi connectivity index (χ3v) is 2.86. The van der Waals surface area contributed by atoms with Crippen molar-refractivity contribution in [1.82, 2.24) is 5.32 Å². The van der Waals surface area contributed by atoms with Crippen molar-refractivity contribution in [3.8, 4) is 0 Å². The summed E-state index contributed by atoms with van der Waals surface area (Å²) in [6.07, 6.45) is 0.957. The van der Waals surface area contributed by atoms with Crippen LogP contribution in [0.15, 0.2) is 24.3 Å². The van der Waals surface area contributed by atoms with Crippen LogP contribution in [0.1, 0.15) is 12.0 Å². The van der Waals surface area contributed by atoms with Gasteiger partial charge in [0.25, 0.3) is 0 Å². The molecule has 0 spiro atoms. The summed E-state index contributed by atoms with van der Waals surface area (Å²) in [4.78, 5) is 21.8. The number of anilines is 1. The maximum atomic E-state index is 11.5. The molecule has 20 heavy (non-hydrogen) atoms. The first-order valence-electron chi connectivity index (χ1n) is 5.81. The average Bonchev–Trinajstić information content (AvgIpc) is 2.26. The van der Waals surface area contributed by atoms with Gasteiger partial charge in [-0.1, -0.05) is 12.1 Å². The van der Waals surface area contributed by atoms with Crippen molar-refractivity contribution in [3.63, 3.8) is 0 Å². The van der Waals surface area contributed by atoms with Crippen LogP contribution in [0.2, 0.25) is 0 Å². The molecule has 7 nitrogen and oxygen atoms in total. The Morgan fingerprint density at radius 1 is 1.30 bits per heavy atom. The van der Waals surface area contributed by atoms with Crippen molar-refractivity contribution in [2.75, 3.05) is 17.5 Å². The van der Waals surface area contributed by atoms with Crippen molar-refractivity contribution < 1.29 is 23.1 Å². The van der Waals surface area contributed by atoms with Crippen LogP contribution in [0.4, 0.5) is 5.69 Å². The Hall–Kier alpha value is -2.09. The molecular weight excluding hydrogens is 284 g/mol. The van der Waals surface area contributed by atoms with Crippen LogP contribution in [-0.2, 0) is 26.0 Å². The molecule has 0 aromatic heterocycles. The topological polar surface area (TPSA) is 113 Å². The molecule has 0 aliphatic carbocycles. The van der Waals surface area contributed by atoms with E-state index in [0.717, 1.165) is 6.26 Å². The fourth-order valence-corrected chi connectivity index (χ4v) is 2.07. The van der Waals surface area contributed by atoms with Gasteiger partial charge in [-0.05, 0) is 17.7 Å². The van der Waals surface area contributed by atoms with Gasteiger partial charge in [0.15, 0.2) is 0 Å². The lowest BCUT2D eigenvalue weighted by Gasteiger charge is -2.07. The number of carboxylic acid groups (broad SMARTS) is 1. The molecule has 0 unspecified atom stereocenters. The largest absolute Gasteiger partial charge is 0.481 e. The van der Waals surface area contributed by atoms with Crippen molar-refractivity contribution in [1.29, 1.82) is 0 Å². The van der Waals surface area contributed by atoms with Crippen molar-refractivity contribution in [2.24, 2.45) is 0 Å². The van der Waals surface area contributed by atoms with Crippen LogP contribution in [0.25, 0.3) is 0 Å². The van der Waals surface area contributed by atoms with Crippen molar-refractivity contribution in [2.45, 2.75) is 12.8 Å². The van der Waals surface area contributed by atoms with E-state index in [0.29, 0.717) is 11.3 Å². The van der Waals surface area contributed by atoms with E-state index in [-0.39, 0.29) is 25.3 Å². The SMILES string of the molecule is CS(=O)(=O)Nc1cccc(CC(=O)NCCC(=O)O)c1. The van der Waals surface area contributed by atoms with E-state index in [1.54, 1.807) is 24.3 Å². The number of rotatable bonds is 7. The zero-order valence-electron chi connectivity index (χ0n) is 10.9. The number of aliphatic carboxylic acids is 1. The first-order valence-corrected chi connectivity index (χ1v) is 7.70. The van der Waals surface area contributed by atoms with Gasteiger partial charge < -0.3 is 10.4 Å². The number of benzene rings is 1. The number of carboxylic acids is 1. The van der Waals surface area contributed by atoms with Gasteiger partial charge in [0, 0.05) is 12.2 Å². The van der Waals surface area contributed by atoms with Crippen LogP contribution in [0.3, 0.4) is 0 Å². The molecule has 0 radical (unpaired) electrons. The highest BCUT2D eigenvalue weighted by Crippen LogP contribution is 2.12. The van der Waals surface area contributed by atoms with Gasteiger partial charge in [0.05, 0.1) is 19.1 Å². The lowest BCUT2D eigenvalue weighted by atomic mass is 10.1. The van der Waals surface area contributed by atoms with Crippen LogP contribution >= 0.6 is 0 Å². The van der Waals surface area contributed by atoms with E-state index < -0.39 is 16.0 Å². The molecule has 1 aromatic rings. The Morgan fingerprint density at radius 3 is 2.60 bits per heavy atom. The fourth-order valence-electron chi connectivity index (χ4n) is 1.52. The van der Waals surface area contributed by atoms with E-state index >= 15 is 0 Å². The normalized spacial score (nSPS) is 10.8. The average molecular weight is 300 g/mol. The monoisotopic (exact) mass is 300 g/mol. The Morgan fingerprint density at radius 2 is 2.00 bits per heavy atom. The Kier molecular flexibility index (Phi) is 5.51. The summed E-state index contributed by atoms with van der Waals surface area (Å²) in [6.45, 7) is 0.0649. The second-order valence-corrected chi connectivity index (χ2v) is 5.99. The second-order valence-electron chi connectivity index (χ2n) is 4.25. The first kappa shape index (κ1) is 16.0. The van der Waals surface area contributed by atoms with Gasteiger partial charge in [-0.3, -0.25) is 14.3 Å². The third-order valence-electron chi connectivity index (χ3n) is 2.26. The van der Waals surface area contributed by atoms with Crippen LogP contribution in [-0.4, -0.2) is 38.2 Å². The van der Waals surface area contributed by atoms with Gasteiger partial charge in [-0.2, -0.15) is 0 Å². The summed E-state index contributed by atoms with van der Waals surface area (Å²) in [6, 6.07) is 6.45. The van der Waals surface area contributed by atoms with Gasteiger partial charge in [0.2, 0.25) is 15.9 Å². The Bertz CT molecular complexity index is 598. The zero-order valence-corrected chi connectivity index (χ0v) is 11.7. The summed E-state index contributed by atoms with van der Waals surface area (Å²) in [7, 11) is -3.36. The summed E-state index contributed by atoms with van der Waals surface area (Å²) in [5.41, 5.74) is 1.01. The minimum atomic E-state index is -3.36. The van der Waals surface area contributed by atoms with Crippen molar-refractivity contribution in [3.05, 3.63) is 29.8 Å². The molecule has 1 amide bonds. The summed E-state index contributed by atoms with van der Waals surface area (Å²) < 4.78 is 24.5. The predicted molar refractivity (Wildman–Crippen MR) is 73.9 cm³/mol. The zero-order chi connectivity index (χ0) is 15.2. The molecule has 0 bridgehead atoms. The molecular formula is C12H16N2O5S. The quantitative estimate of drug-likeness (QED) is 0.665. The fraction of sp³-hybridized carbons (Fsp3) is 0.333. The predicted octanol–water partition coefficient (Wildman–Crippen LogP) is 0.192. The highest BCUT2D eigenvalue weighted by atomic mass is 32.2. The molecule has 8 heteroatoms. The van der Waals surface area contributed by atoms with E-state index in [4.69, 9.17) is 5.11 Å². The standard InChI is InChI=1S/C12H16N2O5S/c1-20(18,19)14-10-4-2-3-9(7-10)8-11(15)13-6-5-12(16)17/h2-4,7,14H,5-6,8H2,1H3,(H,13,15)(H,16,17). The Labute approximate surface area is 117 Å². The maximum absolute atomic E-state index is 11.5. The third kappa shape index (κ3) is 6.74.